The Labute approximate surface area is 123 Å². The van der Waals surface area contributed by atoms with Gasteiger partial charge >= 0.3 is 0 Å². The van der Waals surface area contributed by atoms with Crippen molar-refractivity contribution in [2.75, 3.05) is 13.2 Å². The first kappa shape index (κ1) is 14.2. The highest BCUT2D eigenvalue weighted by Gasteiger charge is 2.36. The lowest BCUT2D eigenvalue weighted by molar-refractivity contribution is 0.0143. The number of pyridine rings is 1. The summed E-state index contributed by atoms with van der Waals surface area (Å²) in [6.07, 6.45) is 5.56. The molecular weight excluding hydrogens is 270 g/mol. The van der Waals surface area contributed by atoms with Gasteiger partial charge in [0.05, 0.1) is 24.8 Å². The third kappa shape index (κ3) is 2.82. The van der Waals surface area contributed by atoms with Crippen molar-refractivity contribution in [3.05, 3.63) is 29.6 Å². The molecule has 2 heterocycles. The van der Waals surface area contributed by atoms with Gasteiger partial charge < -0.3 is 10.5 Å². The van der Waals surface area contributed by atoms with E-state index in [2.05, 4.69) is 4.98 Å². The van der Waals surface area contributed by atoms with Crippen LogP contribution in [-0.4, -0.2) is 47.0 Å². The van der Waals surface area contributed by atoms with Crippen LogP contribution in [0.15, 0.2) is 18.3 Å². The molecule has 0 aromatic carbocycles. The molecule has 1 aliphatic heterocycles. The first-order valence-corrected chi connectivity index (χ1v) is 7.35. The van der Waals surface area contributed by atoms with Crippen LogP contribution in [0.5, 0.6) is 0 Å². The second-order valence-corrected chi connectivity index (χ2v) is 5.57. The maximum absolute atomic E-state index is 12.1. The van der Waals surface area contributed by atoms with Gasteiger partial charge in [-0.25, -0.2) is 0 Å². The lowest BCUT2D eigenvalue weighted by Crippen LogP contribution is -2.35. The van der Waals surface area contributed by atoms with E-state index in [-0.39, 0.29) is 36.2 Å². The molecule has 112 valence electrons. The number of carbonyl (C=O) groups is 2. The summed E-state index contributed by atoms with van der Waals surface area (Å²) in [5, 5.41) is 0. The van der Waals surface area contributed by atoms with Crippen molar-refractivity contribution >= 4 is 11.8 Å². The second kappa shape index (κ2) is 5.91. The topological polar surface area (TPSA) is 85.5 Å². The number of fused-ring (bicyclic) bond motifs is 1. The van der Waals surface area contributed by atoms with Crippen LogP contribution >= 0.6 is 0 Å². The van der Waals surface area contributed by atoms with Gasteiger partial charge in [-0.3, -0.25) is 19.5 Å². The summed E-state index contributed by atoms with van der Waals surface area (Å²) >= 11 is 0. The molecule has 6 heteroatoms. The Morgan fingerprint density at radius 3 is 2.71 bits per heavy atom. The maximum Gasteiger partial charge on any atom is 0.280 e. The van der Waals surface area contributed by atoms with Crippen LogP contribution in [0.2, 0.25) is 0 Å². The molecule has 2 amide bonds. The van der Waals surface area contributed by atoms with Crippen LogP contribution in [0, 0.1) is 0 Å². The van der Waals surface area contributed by atoms with Gasteiger partial charge in [0.25, 0.3) is 11.8 Å². The van der Waals surface area contributed by atoms with E-state index in [4.69, 9.17) is 10.5 Å². The molecule has 1 aromatic rings. The van der Waals surface area contributed by atoms with E-state index >= 15 is 0 Å². The monoisotopic (exact) mass is 289 g/mol. The molecule has 6 nitrogen and oxygen atoms in total. The summed E-state index contributed by atoms with van der Waals surface area (Å²) in [6, 6.07) is 3.58. The lowest BCUT2D eigenvalue weighted by atomic mass is 9.94. The molecule has 1 saturated carbocycles. The van der Waals surface area contributed by atoms with Crippen molar-refractivity contribution < 1.29 is 14.3 Å². The van der Waals surface area contributed by atoms with Crippen LogP contribution in [0.1, 0.15) is 46.5 Å². The van der Waals surface area contributed by atoms with Crippen molar-refractivity contribution in [3.8, 4) is 0 Å². The molecule has 0 atom stereocenters. The number of carbonyl (C=O) groups excluding carboxylic acids is 2. The molecular formula is C15H19N3O3. The van der Waals surface area contributed by atoms with Crippen LogP contribution in [-0.2, 0) is 4.74 Å². The average Bonchev–Trinajstić information content (AvgIpc) is 2.75. The number of amides is 2. The number of hydrogen-bond donors (Lipinski definition) is 1. The van der Waals surface area contributed by atoms with Crippen molar-refractivity contribution in [1.82, 2.24) is 9.88 Å². The first-order chi connectivity index (χ1) is 10.2. The normalized spacial score (nSPS) is 25.3. The quantitative estimate of drug-likeness (QED) is 0.835. The zero-order valence-electron chi connectivity index (χ0n) is 11.8. The summed E-state index contributed by atoms with van der Waals surface area (Å²) in [5.41, 5.74) is 6.47. The molecule has 2 N–H and O–H groups in total. The predicted molar refractivity (Wildman–Crippen MR) is 75.8 cm³/mol. The predicted octanol–water partition coefficient (Wildman–Crippen LogP) is 0.964. The minimum absolute atomic E-state index is 0.193. The van der Waals surface area contributed by atoms with Gasteiger partial charge in [0.2, 0.25) is 0 Å². The number of nitrogens with two attached hydrogens (primary N) is 1. The number of imide groups is 1. The molecule has 0 spiro atoms. The molecule has 1 aromatic heterocycles. The fourth-order valence-corrected chi connectivity index (χ4v) is 2.88. The zero-order chi connectivity index (χ0) is 14.8. The Hall–Kier alpha value is -1.79. The average molecular weight is 289 g/mol. The minimum Gasteiger partial charge on any atom is -0.376 e. The van der Waals surface area contributed by atoms with E-state index in [1.165, 1.54) is 11.1 Å². The SMILES string of the molecule is NC1CCC(OCCN2C(=O)c3cccnc3C2=O)CC1. The molecule has 3 rings (SSSR count). The zero-order valence-corrected chi connectivity index (χ0v) is 11.8. The minimum atomic E-state index is -0.329. The number of hydrogen-bond acceptors (Lipinski definition) is 5. The van der Waals surface area contributed by atoms with Gasteiger partial charge in [-0.05, 0) is 37.8 Å². The van der Waals surface area contributed by atoms with Crippen molar-refractivity contribution in [2.24, 2.45) is 5.73 Å². The van der Waals surface area contributed by atoms with E-state index in [1.807, 2.05) is 0 Å². The Kier molecular flexibility index (Phi) is 3.98. The molecule has 21 heavy (non-hydrogen) atoms. The maximum atomic E-state index is 12.1. The number of aromatic nitrogens is 1. The molecule has 0 radical (unpaired) electrons. The molecule has 0 saturated heterocycles. The fourth-order valence-electron chi connectivity index (χ4n) is 2.88. The third-order valence-electron chi connectivity index (χ3n) is 4.12. The lowest BCUT2D eigenvalue weighted by Gasteiger charge is -2.26. The van der Waals surface area contributed by atoms with Gasteiger partial charge in [0.15, 0.2) is 0 Å². The summed E-state index contributed by atoms with van der Waals surface area (Å²) in [6.45, 7) is 0.641. The fraction of sp³-hybridized carbons (Fsp3) is 0.533. The first-order valence-electron chi connectivity index (χ1n) is 7.35. The Morgan fingerprint density at radius 1 is 1.24 bits per heavy atom. The van der Waals surface area contributed by atoms with E-state index in [1.54, 1.807) is 12.1 Å². The number of ether oxygens (including phenoxy) is 1. The highest BCUT2D eigenvalue weighted by molar-refractivity contribution is 6.20. The van der Waals surface area contributed by atoms with E-state index in [9.17, 15) is 9.59 Å². The van der Waals surface area contributed by atoms with E-state index in [0.29, 0.717) is 12.2 Å². The molecule has 0 unspecified atom stereocenters. The summed E-state index contributed by atoms with van der Waals surface area (Å²) in [7, 11) is 0. The van der Waals surface area contributed by atoms with Gasteiger partial charge in [-0.2, -0.15) is 0 Å². The highest BCUT2D eigenvalue weighted by Crippen LogP contribution is 2.22. The summed E-state index contributed by atoms with van der Waals surface area (Å²) < 4.78 is 5.77. The molecule has 1 fully saturated rings. The summed E-state index contributed by atoms with van der Waals surface area (Å²) in [4.78, 5) is 29.4. The van der Waals surface area contributed by atoms with Gasteiger partial charge in [0.1, 0.15) is 5.69 Å². The van der Waals surface area contributed by atoms with Crippen molar-refractivity contribution in [3.63, 3.8) is 0 Å². The Bertz CT molecular complexity index is 518. The Morgan fingerprint density at radius 2 is 2.00 bits per heavy atom. The van der Waals surface area contributed by atoms with E-state index < -0.39 is 0 Å². The third-order valence-corrected chi connectivity index (χ3v) is 4.12. The molecule has 0 bridgehead atoms. The van der Waals surface area contributed by atoms with Gasteiger partial charge in [-0.15, -0.1) is 0 Å². The van der Waals surface area contributed by atoms with E-state index in [0.717, 1.165) is 25.7 Å². The van der Waals surface area contributed by atoms with Crippen molar-refractivity contribution in [1.29, 1.82) is 0 Å². The van der Waals surface area contributed by atoms with Crippen LogP contribution in [0.3, 0.4) is 0 Å². The van der Waals surface area contributed by atoms with Gasteiger partial charge in [-0.1, -0.05) is 0 Å². The largest absolute Gasteiger partial charge is 0.376 e. The smallest absolute Gasteiger partial charge is 0.280 e. The Balaban J connectivity index is 1.53. The van der Waals surface area contributed by atoms with Crippen LogP contribution in [0.25, 0.3) is 0 Å². The number of nitrogens with zero attached hydrogens (tertiary/aromatic N) is 2. The van der Waals surface area contributed by atoms with Crippen LogP contribution in [0.4, 0.5) is 0 Å². The molecule has 2 aliphatic rings. The second-order valence-electron chi connectivity index (χ2n) is 5.57. The number of rotatable bonds is 4. The molecule has 1 aliphatic carbocycles. The highest BCUT2D eigenvalue weighted by atomic mass is 16.5. The van der Waals surface area contributed by atoms with Crippen molar-refractivity contribution in [2.45, 2.75) is 37.8 Å². The standard InChI is InChI=1S/C15H19N3O3/c16-10-3-5-11(6-4-10)21-9-8-18-14(19)12-2-1-7-17-13(12)15(18)20/h1-2,7,10-11H,3-6,8-9,16H2. The van der Waals surface area contributed by atoms with Gasteiger partial charge in [0, 0.05) is 12.2 Å². The van der Waals surface area contributed by atoms with Crippen LogP contribution < -0.4 is 5.73 Å². The summed E-state index contributed by atoms with van der Waals surface area (Å²) in [5.74, 6) is -0.609.